The Bertz CT molecular complexity index is 807. The van der Waals surface area contributed by atoms with Crippen LogP contribution in [0.4, 0.5) is 0 Å². The molecule has 2 aromatic carbocycles. The van der Waals surface area contributed by atoms with E-state index in [9.17, 15) is 9.90 Å². The summed E-state index contributed by atoms with van der Waals surface area (Å²) in [5, 5.41) is 10.1. The first-order valence-corrected chi connectivity index (χ1v) is 8.28. The lowest BCUT2D eigenvalue weighted by Gasteiger charge is -2.12. The summed E-state index contributed by atoms with van der Waals surface area (Å²) in [6.45, 7) is 0. The molecule has 0 radical (unpaired) electrons. The lowest BCUT2D eigenvalue weighted by atomic mass is 10.1. The van der Waals surface area contributed by atoms with E-state index in [1.807, 2.05) is 0 Å². The molecule has 25 heavy (non-hydrogen) atoms. The molecule has 0 aliphatic carbocycles. The van der Waals surface area contributed by atoms with Crippen molar-refractivity contribution in [1.82, 2.24) is 0 Å². The molecule has 0 aliphatic heterocycles. The van der Waals surface area contributed by atoms with Gasteiger partial charge in [-0.05, 0) is 35.9 Å². The van der Waals surface area contributed by atoms with E-state index in [1.54, 1.807) is 18.2 Å². The number of phenols is 1. The Morgan fingerprint density at radius 3 is 2.20 bits per heavy atom. The SMILES string of the molecule is COc1cc(C=CC(=O)c2cc(Br)cc(Cl)c2O)cc(OC)c1OC. The standard InChI is InChI=1S/C18H16BrClO5/c1-23-15-6-10(7-16(24-2)18(15)25-3)4-5-14(21)12-8-11(19)9-13(20)17(12)22/h4-9,22H,1-3H3. The third-order valence-corrected chi connectivity index (χ3v) is 4.15. The minimum Gasteiger partial charge on any atom is -0.506 e. The van der Waals surface area contributed by atoms with Crippen LogP contribution in [0, 0.1) is 0 Å². The number of carbonyl (C=O) groups is 1. The second-order valence-corrected chi connectivity index (χ2v) is 6.26. The van der Waals surface area contributed by atoms with Crippen molar-refractivity contribution >= 4 is 39.4 Å². The third kappa shape index (κ3) is 4.27. The van der Waals surface area contributed by atoms with Gasteiger partial charge >= 0.3 is 0 Å². The van der Waals surface area contributed by atoms with Crippen LogP contribution in [0.15, 0.2) is 34.8 Å². The smallest absolute Gasteiger partial charge is 0.203 e. The molecule has 0 saturated heterocycles. The quantitative estimate of drug-likeness (QED) is 0.533. The Morgan fingerprint density at radius 2 is 1.68 bits per heavy atom. The van der Waals surface area contributed by atoms with Gasteiger partial charge in [0.15, 0.2) is 17.3 Å². The van der Waals surface area contributed by atoms with Gasteiger partial charge in [0.1, 0.15) is 5.75 Å². The summed E-state index contributed by atoms with van der Waals surface area (Å²) in [6.07, 6.45) is 2.92. The van der Waals surface area contributed by atoms with Crippen LogP contribution in [0.5, 0.6) is 23.0 Å². The number of aromatic hydroxyl groups is 1. The number of hydrogen-bond donors (Lipinski definition) is 1. The molecule has 2 aromatic rings. The van der Waals surface area contributed by atoms with Crippen LogP contribution in [-0.2, 0) is 0 Å². The average molecular weight is 428 g/mol. The van der Waals surface area contributed by atoms with Gasteiger partial charge in [-0.3, -0.25) is 4.79 Å². The van der Waals surface area contributed by atoms with Crippen LogP contribution in [0.2, 0.25) is 5.02 Å². The lowest BCUT2D eigenvalue weighted by molar-refractivity contribution is 0.104. The van der Waals surface area contributed by atoms with Crippen molar-refractivity contribution in [2.24, 2.45) is 0 Å². The largest absolute Gasteiger partial charge is 0.506 e. The predicted molar refractivity (Wildman–Crippen MR) is 100 cm³/mol. The maximum Gasteiger partial charge on any atom is 0.203 e. The maximum absolute atomic E-state index is 12.4. The van der Waals surface area contributed by atoms with Crippen LogP contribution in [0.3, 0.4) is 0 Å². The zero-order valence-electron chi connectivity index (χ0n) is 13.8. The van der Waals surface area contributed by atoms with Crippen molar-refractivity contribution in [2.75, 3.05) is 21.3 Å². The first kappa shape index (κ1) is 19.1. The highest BCUT2D eigenvalue weighted by atomic mass is 79.9. The minimum absolute atomic E-state index is 0.0962. The van der Waals surface area contributed by atoms with Gasteiger partial charge in [-0.2, -0.15) is 0 Å². The zero-order valence-corrected chi connectivity index (χ0v) is 16.1. The molecule has 0 aliphatic rings. The van der Waals surface area contributed by atoms with Crippen LogP contribution in [0.1, 0.15) is 15.9 Å². The highest BCUT2D eigenvalue weighted by Gasteiger charge is 2.14. The van der Waals surface area contributed by atoms with E-state index in [-0.39, 0.29) is 16.3 Å². The minimum atomic E-state index is -0.394. The summed E-state index contributed by atoms with van der Waals surface area (Å²) in [7, 11) is 4.54. The molecular weight excluding hydrogens is 412 g/mol. The number of phenolic OH excluding ortho intramolecular Hbond substituents is 1. The van der Waals surface area contributed by atoms with E-state index in [1.165, 1.54) is 39.5 Å². The van der Waals surface area contributed by atoms with Crippen molar-refractivity contribution in [3.8, 4) is 23.0 Å². The fourth-order valence-electron chi connectivity index (χ4n) is 2.21. The number of carbonyl (C=O) groups excluding carboxylic acids is 1. The molecule has 0 unspecified atom stereocenters. The van der Waals surface area contributed by atoms with E-state index < -0.39 is 5.78 Å². The molecule has 0 bridgehead atoms. The second kappa shape index (κ2) is 8.27. The Kier molecular flexibility index (Phi) is 6.33. The number of benzene rings is 2. The number of allylic oxidation sites excluding steroid dienone is 1. The van der Waals surface area contributed by atoms with Crippen molar-refractivity contribution in [3.05, 3.63) is 51.0 Å². The number of hydrogen-bond acceptors (Lipinski definition) is 5. The highest BCUT2D eigenvalue weighted by Crippen LogP contribution is 2.38. The zero-order chi connectivity index (χ0) is 18.6. The van der Waals surface area contributed by atoms with E-state index in [4.69, 9.17) is 25.8 Å². The fraction of sp³-hybridized carbons (Fsp3) is 0.167. The van der Waals surface area contributed by atoms with Gasteiger partial charge in [-0.25, -0.2) is 0 Å². The van der Waals surface area contributed by atoms with Gasteiger partial charge in [-0.15, -0.1) is 0 Å². The van der Waals surface area contributed by atoms with Gasteiger partial charge in [-0.1, -0.05) is 33.6 Å². The van der Waals surface area contributed by atoms with E-state index in [0.29, 0.717) is 27.3 Å². The predicted octanol–water partition coefficient (Wildman–Crippen LogP) is 4.73. The summed E-state index contributed by atoms with van der Waals surface area (Å²) in [4.78, 5) is 12.4. The summed E-state index contributed by atoms with van der Waals surface area (Å²) in [6, 6.07) is 6.43. The molecular formula is C18H16BrClO5. The summed E-state index contributed by atoms with van der Waals surface area (Å²) in [5.74, 6) is 0.758. The number of methoxy groups -OCH3 is 3. The summed E-state index contributed by atoms with van der Waals surface area (Å²) in [5.41, 5.74) is 0.770. The van der Waals surface area contributed by atoms with Gasteiger partial charge in [0.25, 0.3) is 0 Å². The van der Waals surface area contributed by atoms with Crippen LogP contribution < -0.4 is 14.2 Å². The van der Waals surface area contributed by atoms with Crippen LogP contribution in [0.25, 0.3) is 6.08 Å². The molecule has 0 spiro atoms. The normalized spacial score (nSPS) is 10.8. The van der Waals surface area contributed by atoms with Crippen molar-refractivity contribution in [3.63, 3.8) is 0 Å². The molecule has 2 rings (SSSR count). The molecule has 132 valence electrons. The number of ketones is 1. The molecule has 7 heteroatoms. The van der Waals surface area contributed by atoms with E-state index in [0.717, 1.165) is 0 Å². The first-order valence-electron chi connectivity index (χ1n) is 7.11. The monoisotopic (exact) mass is 426 g/mol. The molecule has 0 heterocycles. The Morgan fingerprint density at radius 1 is 1.08 bits per heavy atom. The van der Waals surface area contributed by atoms with Crippen molar-refractivity contribution < 1.29 is 24.1 Å². The average Bonchev–Trinajstić information content (AvgIpc) is 2.61. The maximum atomic E-state index is 12.4. The second-order valence-electron chi connectivity index (χ2n) is 4.94. The molecule has 0 fully saturated rings. The van der Waals surface area contributed by atoms with E-state index >= 15 is 0 Å². The summed E-state index contributed by atoms with van der Waals surface area (Å²) < 4.78 is 16.4. The Balaban J connectivity index is 2.38. The number of halogens is 2. The Labute approximate surface area is 158 Å². The van der Waals surface area contributed by atoms with E-state index in [2.05, 4.69) is 15.9 Å². The van der Waals surface area contributed by atoms with Crippen molar-refractivity contribution in [1.29, 1.82) is 0 Å². The number of ether oxygens (including phenoxy) is 3. The molecule has 0 aromatic heterocycles. The van der Waals surface area contributed by atoms with Gasteiger partial charge in [0.2, 0.25) is 5.75 Å². The Hall–Kier alpha value is -2.18. The van der Waals surface area contributed by atoms with Gasteiger partial charge in [0.05, 0.1) is 31.9 Å². The molecule has 5 nitrogen and oxygen atoms in total. The molecule has 0 atom stereocenters. The molecule has 0 amide bonds. The lowest BCUT2D eigenvalue weighted by Crippen LogP contribution is -1.97. The van der Waals surface area contributed by atoms with Crippen molar-refractivity contribution in [2.45, 2.75) is 0 Å². The van der Waals surface area contributed by atoms with Crippen LogP contribution >= 0.6 is 27.5 Å². The fourth-order valence-corrected chi connectivity index (χ4v) is 3.02. The third-order valence-electron chi connectivity index (χ3n) is 3.41. The summed E-state index contributed by atoms with van der Waals surface area (Å²) >= 11 is 9.14. The molecule has 0 saturated carbocycles. The molecule has 1 N–H and O–H groups in total. The number of rotatable bonds is 6. The highest BCUT2D eigenvalue weighted by molar-refractivity contribution is 9.10. The topological polar surface area (TPSA) is 65.0 Å². The van der Waals surface area contributed by atoms with Gasteiger partial charge in [0, 0.05) is 4.47 Å². The van der Waals surface area contributed by atoms with Crippen LogP contribution in [-0.4, -0.2) is 32.2 Å². The van der Waals surface area contributed by atoms with Gasteiger partial charge < -0.3 is 19.3 Å². The first-order chi connectivity index (χ1) is 11.9.